The van der Waals surface area contributed by atoms with E-state index < -0.39 is 28.9 Å². The van der Waals surface area contributed by atoms with Crippen LogP contribution in [-0.4, -0.2) is 44.6 Å². The van der Waals surface area contributed by atoms with Gasteiger partial charge in [-0.3, -0.25) is 9.78 Å². The molecule has 1 saturated heterocycles. The second-order valence-corrected chi connectivity index (χ2v) is 9.41. The van der Waals surface area contributed by atoms with E-state index in [0.717, 1.165) is 23.6 Å². The Kier molecular flexibility index (Phi) is 4.61. The van der Waals surface area contributed by atoms with Crippen LogP contribution in [-0.2, 0) is 26.7 Å². The smallest absolute Gasteiger partial charge is 0.435 e. The van der Waals surface area contributed by atoms with Gasteiger partial charge in [-0.2, -0.15) is 18.3 Å². The van der Waals surface area contributed by atoms with Crippen molar-refractivity contribution >= 4 is 11.9 Å². The minimum atomic E-state index is -4.51. The summed E-state index contributed by atoms with van der Waals surface area (Å²) in [6.07, 6.45) is 2.70. The van der Waals surface area contributed by atoms with Crippen molar-refractivity contribution in [2.75, 3.05) is 13.1 Å². The molecule has 2 aliphatic heterocycles. The van der Waals surface area contributed by atoms with E-state index in [1.54, 1.807) is 41.4 Å². The first-order valence-corrected chi connectivity index (χ1v) is 11.4. The fourth-order valence-electron chi connectivity index (χ4n) is 5.51. The molecule has 10 heteroatoms. The summed E-state index contributed by atoms with van der Waals surface area (Å²) in [4.78, 5) is 31.9. The number of hydrogen-bond donors (Lipinski definition) is 0. The Morgan fingerprint density at radius 3 is 2.49 bits per heavy atom. The number of hydrogen-bond acceptors (Lipinski definition) is 5. The molecule has 1 aromatic carbocycles. The molecule has 1 atom stereocenters. The zero-order chi connectivity index (χ0) is 24.4. The van der Waals surface area contributed by atoms with Crippen LogP contribution in [0.15, 0.2) is 55.0 Å². The van der Waals surface area contributed by atoms with Crippen molar-refractivity contribution in [1.82, 2.24) is 19.7 Å². The number of halogens is 3. The van der Waals surface area contributed by atoms with Crippen molar-refractivity contribution in [3.8, 4) is 5.69 Å². The molecule has 0 N–H and O–H groups in total. The summed E-state index contributed by atoms with van der Waals surface area (Å²) in [5, 5.41) is 3.61. The molecule has 3 aliphatic rings. The lowest BCUT2D eigenvalue weighted by Gasteiger charge is -2.43. The van der Waals surface area contributed by atoms with Gasteiger partial charge in [0.05, 0.1) is 23.2 Å². The zero-order valence-electron chi connectivity index (χ0n) is 18.6. The van der Waals surface area contributed by atoms with E-state index in [9.17, 15) is 22.8 Å². The second-order valence-electron chi connectivity index (χ2n) is 9.41. The van der Waals surface area contributed by atoms with Gasteiger partial charge < -0.3 is 9.64 Å². The SMILES string of the molecule is O=C1OC2(CCN(C(=O)C3(c4ccc(-n5ccc(C(F)(F)F)n5)cc4)CCC3)C2)c2ccncc21. The number of rotatable bonds is 3. The summed E-state index contributed by atoms with van der Waals surface area (Å²) in [6.45, 7) is 0.767. The number of carbonyl (C=O) groups excluding carboxylic acids is 2. The average Bonchev–Trinajstić information content (AvgIpc) is 3.53. The number of ether oxygens (including phenoxy) is 1. The number of alkyl halides is 3. The van der Waals surface area contributed by atoms with Gasteiger partial charge in [-0.1, -0.05) is 18.6 Å². The maximum Gasteiger partial charge on any atom is 0.435 e. The molecule has 6 rings (SSSR count). The first-order valence-electron chi connectivity index (χ1n) is 11.4. The van der Waals surface area contributed by atoms with E-state index >= 15 is 0 Å². The lowest BCUT2D eigenvalue weighted by Crippen LogP contribution is -2.51. The Morgan fingerprint density at radius 2 is 1.83 bits per heavy atom. The summed E-state index contributed by atoms with van der Waals surface area (Å²) in [5.74, 6) is -0.422. The van der Waals surface area contributed by atoms with Crippen LogP contribution in [0, 0.1) is 0 Å². The van der Waals surface area contributed by atoms with Crippen LogP contribution in [0.1, 0.15) is 52.9 Å². The lowest BCUT2D eigenvalue weighted by atomic mass is 9.63. The summed E-state index contributed by atoms with van der Waals surface area (Å²) < 4.78 is 45.6. The van der Waals surface area contributed by atoms with Crippen molar-refractivity contribution in [3.05, 3.63) is 77.4 Å². The molecular formula is C25H21F3N4O3. The highest BCUT2D eigenvalue weighted by Gasteiger charge is 2.55. The van der Waals surface area contributed by atoms with Crippen molar-refractivity contribution < 1.29 is 27.5 Å². The van der Waals surface area contributed by atoms with Crippen LogP contribution >= 0.6 is 0 Å². The molecule has 1 aliphatic carbocycles. The molecule has 1 unspecified atom stereocenters. The number of carbonyl (C=O) groups is 2. The van der Waals surface area contributed by atoms with Gasteiger partial charge in [-0.15, -0.1) is 0 Å². The van der Waals surface area contributed by atoms with E-state index in [-0.39, 0.29) is 5.91 Å². The van der Waals surface area contributed by atoms with Gasteiger partial charge in [0, 0.05) is 37.1 Å². The van der Waals surface area contributed by atoms with Crippen LogP contribution in [0.3, 0.4) is 0 Å². The van der Waals surface area contributed by atoms with E-state index in [1.165, 1.54) is 17.1 Å². The predicted octanol–water partition coefficient (Wildman–Crippen LogP) is 4.01. The fourth-order valence-corrected chi connectivity index (χ4v) is 5.51. The van der Waals surface area contributed by atoms with E-state index in [0.29, 0.717) is 43.6 Å². The minimum Gasteiger partial charge on any atom is -0.449 e. The fraction of sp³-hybridized carbons (Fsp3) is 0.360. The predicted molar refractivity (Wildman–Crippen MR) is 117 cm³/mol. The van der Waals surface area contributed by atoms with Crippen molar-refractivity contribution in [1.29, 1.82) is 0 Å². The lowest BCUT2D eigenvalue weighted by molar-refractivity contribution is -0.141. The van der Waals surface area contributed by atoms with Crippen molar-refractivity contribution in [2.45, 2.75) is 42.9 Å². The number of amides is 1. The highest BCUT2D eigenvalue weighted by Crippen LogP contribution is 2.49. The molecular weight excluding hydrogens is 461 g/mol. The third-order valence-corrected chi connectivity index (χ3v) is 7.52. The number of pyridine rings is 1. The maximum absolute atomic E-state index is 13.8. The Bertz CT molecular complexity index is 1330. The molecule has 35 heavy (non-hydrogen) atoms. The van der Waals surface area contributed by atoms with Gasteiger partial charge in [0.2, 0.25) is 5.91 Å². The molecule has 7 nitrogen and oxygen atoms in total. The maximum atomic E-state index is 13.8. The third kappa shape index (κ3) is 3.26. The van der Waals surface area contributed by atoms with Gasteiger partial charge in [0.1, 0.15) is 0 Å². The van der Waals surface area contributed by atoms with Crippen LogP contribution in [0.25, 0.3) is 5.69 Å². The number of fused-ring (bicyclic) bond motifs is 2. The number of nitrogens with zero attached hydrogens (tertiary/aromatic N) is 4. The van der Waals surface area contributed by atoms with Gasteiger partial charge in [-0.05, 0) is 42.7 Å². The molecule has 2 fully saturated rings. The molecule has 1 saturated carbocycles. The number of esters is 1. The summed E-state index contributed by atoms with van der Waals surface area (Å²) in [5.41, 5.74) is 0.0509. The Labute approximate surface area is 198 Å². The molecule has 3 aromatic rings. The summed E-state index contributed by atoms with van der Waals surface area (Å²) in [7, 11) is 0. The Morgan fingerprint density at radius 1 is 1.06 bits per heavy atom. The molecule has 180 valence electrons. The Balaban J connectivity index is 1.24. The molecule has 2 aromatic heterocycles. The highest BCUT2D eigenvalue weighted by molar-refractivity contribution is 5.95. The van der Waals surface area contributed by atoms with Gasteiger partial charge in [0.25, 0.3) is 0 Å². The average molecular weight is 482 g/mol. The molecule has 1 spiro atoms. The zero-order valence-corrected chi connectivity index (χ0v) is 18.6. The van der Waals surface area contributed by atoms with Gasteiger partial charge >= 0.3 is 12.1 Å². The second kappa shape index (κ2) is 7.40. The summed E-state index contributed by atoms with van der Waals surface area (Å²) in [6, 6.07) is 9.67. The van der Waals surface area contributed by atoms with Crippen molar-refractivity contribution in [3.63, 3.8) is 0 Å². The van der Waals surface area contributed by atoms with Crippen LogP contribution < -0.4 is 0 Å². The van der Waals surface area contributed by atoms with Crippen molar-refractivity contribution in [2.24, 2.45) is 0 Å². The molecule has 0 bridgehead atoms. The third-order valence-electron chi connectivity index (χ3n) is 7.52. The first kappa shape index (κ1) is 21.8. The topological polar surface area (TPSA) is 77.3 Å². The number of aromatic nitrogens is 3. The van der Waals surface area contributed by atoms with Gasteiger partial charge in [0.15, 0.2) is 11.3 Å². The largest absolute Gasteiger partial charge is 0.449 e. The number of benzene rings is 1. The normalized spacial score (nSPS) is 22.7. The first-order chi connectivity index (χ1) is 16.7. The highest BCUT2D eigenvalue weighted by atomic mass is 19.4. The van der Waals surface area contributed by atoms with E-state index in [1.807, 2.05) is 0 Å². The molecule has 1 amide bonds. The summed E-state index contributed by atoms with van der Waals surface area (Å²) >= 11 is 0. The van der Waals surface area contributed by atoms with Crippen LogP contribution in [0.2, 0.25) is 0 Å². The minimum absolute atomic E-state index is 0.00891. The molecule has 0 radical (unpaired) electrons. The van der Waals surface area contributed by atoms with E-state index in [2.05, 4.69) is 10.1 Å². The van der Waals surface area contributed by atoms with Crippen LogP contribution in [0.4, 0.5) is 13.2 Å². The standard InChI is InChI=1S/C25H21F3N4O3/c26-25(27,28)20-7-12-32(30-20)17-4-2-16(3-5-17)23(8-1-9-23)22(34)31-13-10-24(15-31)19-6-11-29-14-18(19)21(33)35-24/h2-7,11-12,14H,1,8-10,13,15H2. The Hall–Kier alpha value is -3.69. The quantitative estimate of drug-likeness (QED) is 0.528. The van der Waals surface area contributed by atoms with Gasteiger partial charge in [-0.25, -0.2) is 9.48 Å². The molecule has 4 heterocycles. The number of likely N-dealkylation sites (tertiary alicyclic amines) is 1. The van der Waals surface area contributed by atoms with E-state index in [4.69, 9.17) is 4.74 Å². The monoisotopic (exact) mass is 482 g/mol. The van der Waals surface area contributed by atoms with Crippen LogP contribution in [0.5, 0.6) is 0 Å².